The molecule has 0 radical (unpaired) electrons. The second-order valence-electron chi connectivity index (χ2n) is 2.88. The van der Waals surface area contributed by atoms with E-state index in [-0.39, 0.29) is 0 Å². The quantitative estimate of drug-likeness (QED) is 0.556. The zero-order valence-electron chi connectivity index (χ0n) is 6.73. The Morgan fingerprint density at radius 3 is 2.85 bits per heavy atom. The molecule has 2 heterocycles. The van der Waals surface area contributed by atoms with Crippen LogP contribution in [0.5, 0.6) is 0 Å². The molecule has 1 aromatic carbocycles. The van der Waals surface area contributed by atoms with Gasteiger partial charge >= 0.3 is 0 Å². The van der Waals surface area contributed by atoms with Crippen LogP contribution in [0.3, 0.4) is 0 Å². The minimum Gasteiger partial charge on any atom is -0.285 e. The van der Waals surface area contributed by atoms with Gasteiger partial charge in [-0.1, -0.05) is 12.1 Å². The maximum Gasteiger partial charge on any atom is 0.112 e. The molecule has 3 rings (SSSR count). The van der Waals surface area contributed by atoms with E-state index in [4.69, 9.17) is 0 Å². The second-order valence-corrected chi connectivity index (χ2v) is 2.88. The third-order valence-corrected chi connectivity index (χ3v) is 2.12. The van der Waals surface area contributed by atoms with Gasteiger partial charge in [-0.25, -0.2) is 0 Å². The molecule has 3 aromatic rings. The highest BCUT2D eigenvalue weighted by atomic mass is 15.1. The number of nitrogens with zero attached hydrogens (tertiary/aromatic N) is 3. The average Bonchev–Trinajstić information content (AvgIpc) is 2.44. The van der Waals surface area contributed by atoms with Gasteiger partial charge in [0.1, 0.15) is 5.52 Å². The highest BCUT2D eigenvalue weighted by Gasteiger charge is 2.02. The minimum atomic E-state index is 0.843. The number of H-pyrrole nitrogens is 1. The first-order valence-electron chi connectivity index (χ1n) is 3.98. The standard InChI is InChI=1S/C9H6N4/c1-2-7-4-12-13-8-5-11-10-3-6(1)9(7)8/h1-5,12H. The van der Waals surface area contributed by atoms with Gasteiger partial charge in [-0.3, -0.25) is 5.10 Å². The highest BCUT2D eigenvalue weighted by Crippen LogP contribution is 2.23. The summed E-state index contributed by atoms with van der Waals surface area (Å²) < 4.78 is 0. The molecule has 0 fully saturated rings. The molecule has 0 atom stereocenters. The Labute approximate surface area is 73.6 Å². The molecule has 4 nitrogen and oxygen atoms in total. The molecule has 0 amide bonds. The topological polar surface area (TPSA) is 54.5 Å². The van der Waals surface area contributed by atoms with Crippen molar-refractivity contribution in [3.05, 3.63) is 30.7 Å². The van der Waals surface area contributed by atoms with Crippen LogP contribution in [0.2, 0.25) is 0 Å². The number of aromatic nitrogens is 4. The summed E-state index contributed by atoms with van der Waals surface area (Å²) in [4.78, 5) is 0. The maximum absolute atomic E-state index is 4.12. The van der Waals surface area contributed by atoms with Crippen LogP contribution in [0, 0.1) is 0 Å². The Balaban J connectivity index is 2.75. The van der Waals surface area contributed by atoms with Gasteiger partial charge in [0.15, 0.2) is 0 Å². The normalized spacial score (nSPS) is 11.1. The van der Waals surface area contributed by atoms with E-state index in [1.165, 1.54) is 0 Å². The van der Waals surface area contributed by atoms with Gasteiger partial charge < -0.3 is 0 Å². The van der Waals surface area contributed by atoms with Crippen LogP contribution >= 0.6 is 0 Å². The van der Waals surface area contributed by atoms with E-state index in [2.05, 4.69) is 20.4 Å². The van der Waals surface area contributed by atoms with E-state index in [0.717, 1.165) is 21.7 Å². The highest BCUT2D eigenvalue weighted by molar-refractivity contribution is 6.08. The summed E-state index contributed by atoms with van der Waals surface area (Å²) in [5.41, 5.74) is 0.843. The Morgan fingerprint density at radius 2 is 1.85 bits per heavy atom. The van der Waals surface area contributed by atoms with Gasteiger partial charge in [-0.15, -0.1) is 0 Å². The number of hydrogen-bond acceptors (Lipinski definition) is 3. The molecule has 0 unspecified atom stereocenters. The summed E-state index contributed by atoms with van der Waals surface area (Å²) in [6.45, 7) is 0. The first-order valence-corrected chi connectivity index (χ1v) is 3.98. The van der Waals surface area contributed by atoms with Crippen molar-refractivity contribution in [2.75, 3.05) is 0 Å². The first kappa shape index (κ1) is 6.54. The van der Waals surface area contributed by atoms with Crippen molar-refractivity contribution >= 4 is 21.7 Å². The lowest BCUT2D eigenvalue weighted by atomic mass is 10.2. The van der Waals surface area contributed by atoms with Crippen LogP contribution in [-0.4, -0.2) is 20.4 Å². The van der Waals surface area contributed by atoms with Crippen molar-refractivity contribution in [1.82, 2.24) is 20.4 Å². The molecule has 0 saturated carbocycles. The van der Waals surface area contributed by atoms with Crippen molar-refractivity contribution in [3.63, 3.8) is 0 Å². The summed E-state index contributed by atoms with van der Waals surface area (Å²) >= 11 is 0. The third-order valence-electron chi connectivity index (χ3n) is 2.12. The van der Waals surface area contributed by atoms with E-state index in [1.807, 2.05) is 18.3 Å². The molecule has 62 valence electrons. The molecule has 1 N–H and O–H groups in total. The Hall–Kier alpha value is -1.97. The summed E-state index contributed by atoms with van der Waals surface area (Å²) in [6, 6.07) is 4.05. The summed E-state index contributed by atoms with van der Waals surface area (Å²) in [5, 5.41) is 18.0. The van der Waals surface area contributed by atoms with Crippen molar-refractivity contribution in [2.24, 2.45) is 0 Å². The molecule has 0 spiro atoms. The lowest BCUT2D eigenvalue weighted by Crippen LogP contribution is -1.79. The van der Waals surface area contributed by atoms with E-state index in [9.17, 15) is 0 Å². The molecular formula is C9H6N4. The lowest BCUT2D eigenvalue weighted by molar-refractivity contribution is 1.04. The van der Waals surface area contributed by atoms with Gasteiger partial charge in [-0.2, -0.15) is 15.3 Å². The van der Waals surface area contributed by atoms with Gasteiger partial charge in [0.25, 0.3) is 0 Å². The summed E-state index contributed by atoms with van der Waals surface area (Å²) in [7, 11) is 0. The van der Waals surface area contributed by atoms with Crippen molar-refractivity contribution in [1.29, 1.82) is 0 Å². The van der Waals surface area contributed by atoms with Crippen LogP contribution in [0.1, 0.15) is 0 Å². The molecule has 0 aliphatic heterocycles. The van der Waals surface area contributed by atoms with Gasteiger partial charge in [0.2, 0.25) is 0 Å². The molecule has 13 heavy (non-hydrogen) atoms. The number of rotatable bonds is 0. The smallest absolute Gasteiger partial charge is 0.112 e. The van der Waals surface area contributed by atoms with E-state index < -0.39 is 0 Å². The molecule has 0 aliphatic carbocycles. The van der Waals surface area contributed by atoms with Crippen LogP contribution in [0.25, 0.3) is 21.7 Å². The maximum atomic E-state index is 4.12. The molecule has 0 bridgehead atoms. The fraction of sp³-hybridized carbons (Fsp3) is 0. The fourth-order valence-corrected chi connectivity index (χ4v) is 1.54. The number of nitrogens with one attached hydrogen (secondary N) is 1. The number of hydrogen-bond donors (Lipinski definition) is 1. The molecule has 4 heteroatoms. The van der Waals surface area contributed by atoms with Gasteiger partial charge in [0.05, 0.1) is 12.4 Å². The van der Waals surface area contributed by atoms with E-state index >= 15 is 0 Å². The van der Waals surface area contributed by atoms with Crippen LogP contribution < -0.4 is 0 Å². The summed E-state index contributed by atoms with van der Waals surface area (Å²) in [5.74, 6) is 0. The molecule has 0 saturated heterocycles. The molecule has 2 aromatic heterocycles. The largest absolute Gasteiger partial charge is 0.285 e. The SMILES string of the molecule is c1cc2c[nH]nc3cnncc1c23. The van der Waals surface area contributed by atoms with E-state index in [1.54, 1.807) is 12.4 Å². The van der Waals surface area contributed by atoms with E-state index in [0.29, 0.717) is 0 Å². The predicted octanol–water partition coefficient (Wildman–Crippen LogP) is 1.51. The van der Waals surface area contributed by atoms with Gasteiger partial charge in [-0.05, 0) is 0 Å². The first-order chi connectivity index (χ1) is 6.45. The molecular weight excluding hydrogens is 164 g/mol. The Bertz CT molecular complexity index is 570. The number of aromatic amines is 1. The van der Waals surface area contributed by atoms with Crippen LogP contribution in [0.15, 0.2) is 30.7 Å². The second kappa shape index (κ2) is 2.26. The lowest BCUT2D eigenvalue weighted by Gasteiger charge is -1.90. The Morgan fingerprint density at radius 1 is 1.00 bits per heavy atom. The fourth-order valence-electron chi connectivity index (χ4n) is 1.54. The third kappa shape index (κ3) is 0.823. The monoisotopic (exact) mass is 170 g/mol. The van der Waals surface area contributed by atoms with Crippen molar-refractivity contribution in [3.8, 4) is 0 Å². The Kier molecular flexibility index (Phi) is 1.14. The van der Waals surface area contributed by atoms with Gasteiger partial charge in [0, 0.05) is 22.4 Å². The minimum absolute atomic E-state index is 0.843. The van der Waals surface area contributed by atoms with Crippen molar-refractivity contribution < 1.29 is 0 Å². The van der Waals surface area contributed by atoms with Crippen LogP contribution in [-0.2, 0) is 0 Å². The predicted molar refractivity (Wildman–Crippen MR) is 49.2 cm³/mol. The zero-order valence-corrected chi connectivity index (χ0v) is 6.73. The van der Waals surface area contributed by atoms with Crippen LogP contribution in [0.4, 0.5) is 0 Å². The van der Waals surface area contributed by atoms with Crippen molar-refractivity contribution in [2.45, 2.75) is 0 Å². The average molecular weight is 170 g/mol. The zero-order chi connectivity index (χ0) is 8.67. The summed E-state index contributed by atoms with van der Waals surface area (Å²) in [6.07, 6.45) is 5.28. The molecule has 0 aliphatic rings.